The summed E-state index contributed by atoms with van der Waals surface area (Å²) in [6.45, 7) is 5.64. The Morgan fingerprint density at radius 1 is 1.15 bits per heavy atom. The SMILES string of the molecule is Cc1ccc([C@@H](C)NC(=O)COC(=O)/C=C/c2cccc(Cl)c2)cc1C. The number of nitrogens with one attached hydrogen (secondary N) is 1. The summed E-state index contributed by atoms with van der Waals surface area (Å²) >= 11 is 5.88. The Morgan fingerprint density at radius 2 is 1.92 bits per heavy atom. The van der Waals surface area contributed by atoms with Crippen molar-refractivity contribution in [1.82, 2.24) is 5.32 Å². The molecule has 0 heterocycles. The first-order valence-corrected chi connectivity index (χ1v) is 8.70. The van der Waals surface area contributed by atoms with Crippen LogP contribution >= 0.6 is 11.6 Å². The maximum Gasteiger partial charge on any atom is 0.331 e. The molecule has 1 atom stereocenters. The van der Waals surface area contributed by atoms with Gasteiger partial charge >= 0.3 is 5.97 Å². The average molecular weight is 372 g/mol. The van der Waals surface area contributed by atoms with Gasteiger partial charge in [-0.15, -0.1) is 0 Å². The van der Waals surface area contributed by atoms with Gasteiger partial charge in [-0.25, -0.2) is 4.79 Å². The lowest BCUT2D eigenvalue weighted by Crippen LogP contribution is -2.31. The largest absolute Gasteiger partial charge is 0.452 e. The van der Waals surface area contributed by atoms with Crippen LogP contribution in [0.4, 0.5) is 0 Å². The summed E-state index contributed by atoms with van der Waals surface area (Å²) in [6.07, 6.45) is 2.86. The first-order valence-electron chi connectivity index (χ1n) is 8.32. The lowest BCUT2D eigenvalue weighted by molar-refractivity contribution is -0.144. The standard InChI is InChI=1S/C21H22ClNO3/c1-14-7-9-18(11-15(14)2)16(3)23-20(24)13-26-21(25)10-8-17-5-4-6-19(22)12-17/h4-12,16H,13H2,1-3H3,(H,23,24)/b10-8+/t16-/m1/s1. The number of hydrogen-bond donors (Lipinski definition) is 1. The third-order valence-electron chi connectivity index (χ3n) is 4.01. The van der Waals surface area contributed by atoms with E-state index in [1.54, 1.807) is 24.3 Å². The molecule has 136 valence electrons. The van der Waals surface area contributed by atoms with E-state index in [-0.39, 0.29) is 18.6 Å². The first-order chi connectivity index (χ1) is 12.3. The van der Waals surface area contributed by atoms with Crippen molar-refractivity contribution in [1.29, 1.82) is 0 Å². The zero-order valence-electron chi connectivity index (χ0n) is 15.1. The minimum atomic E-state index is -0.584. The Hall–Kier alpha value is -2.59. The van der Waals surface area contributed by atoms with E-state index >= 15 is 0 Å². The van der Waals surface area contributed by atoms with Crippen molar-refractivity contribution in [2.75, 3.05) is 6.61 Å². The number of ether oxygens (including phenoxy) is 1. The van der Waals surface area contributed by atoms with Gasteiger partial charge in [0.2, 0.25) is 0 Å². The molecule has 0 bridgehead atoms. The highest BCUT2D eigenvalue weighted by molar-refractivity contribution is 6.30. The Kier molecular flexibility index (Phi) is 6.98. The molecule has 0 aromatic heterocycles. The van der Waals surface area contributed by atoms with Crippen molar-refractivity contribution in [2.24, 2.45) is 0 Å². The molecule has 1 N–H and O–H groups in total. The van der Waals surface area contributed by atoms with Crippen LogP contribution in [-0.4, -0.2) is 18.5 Å². The smallest absolute Gasteiger partial charge is 0.331 e. The van der Waals surface area contributed by atoms with Crippen LogP contribution in [0.1, 0.15) is 35.2 Å². The van der Waals surface area contributed by atoms with Crippen molar-refractivity contribution in [3.8, 4) is 0 Å². The zero-order valence-corrected chi connectivity index (χ0v) is 15.8. The molecule has 2 rings (SSSR count). The van der Waals surface area contributed by atoms with Gasteiger partial charge in [-0.3, -0.25) is 4.79 Å². The summed E-state index contributed by atoms with van der Waals surface area (Å²) in [4.78, 5) is 23.7. The molecule has 0 saturated heterocycles. The fourth-order valence-electron chi connectivity index (χ4n) is 2.36. The molecule has 0 fully saturated rings. The van der Waals surface area contributed by atoms with Gasteiger partial charge in [-0.1, -0.05) is 41.9 Å². The number of halogens is 1. The van der Waals surface area contributed by atoms with Gasteiger partial charge in [0.15, 0.2) is 6.61 Å². The lowest BCUT2D eigenvalue weighted by Gasteiger charge is -2.15. The van der Waals surface area contributed by atoms with Gasteiger partial charge in [0.25, 0.3) is 5.91 Å². The molecule has 2 aromatic carbocycles. The highest BCUT2D eigenvalue weighted by Crippen LogP contribution is 2.16. The summed E-state index contributed by atoms with van der Waals surface area (Å²) < 4.78 is 4.96. The number of aryl methyl sites for hydroxylation is 2. The Labute approximate surface area is 158 Å². The van der Waals surface area contributed by atoms with E-state index in [1.807, 2.05) is 45.0 Å². The molecule has 26 heavy (non-hydrogen) atoms. The number of hydrogen-bond acceptors (Lipinski definition) is 3. The molecule has 5 heteroatoms. The molecule has 0 aliphatic rings. The molecule has 0 aliphatic carbocycles. The van der Waals surface area contributed by atoms with Gasteiger partial charge in [0.05, 0.1) is 6.04 Å². The number of amides is 1. The van der Waals surface area contributed by atoms with E-state index in [4.69, 9.17) is 16.3 Å². The van der Waals surface area contributed by atoms with Crippen molar-refractivity contribution in [3.63, 3.8) is 0 Å². The average Bonchev–Trinajstić information content (AvgIpc) is 2.60. The first kappa shape index (κ1) is 19.7. The maximum absolute atomic E-state index is 12.0. The molecule has 0 spiro atoms. The Balaban J connectivity index is 1.82. The number of carbonyl (C=O) groups excluding carboxylic acids is 2. The third-order valence-corrected chi connectivity index (χ3v) is 4.25. The molecule has 0 aliphatic heterocycles. The predicted molar refractivity (Wildman–Crippen MR) is 104 cm³/mol. The van der Waals surface area contributed by atoms with E-state index in [1.165, 1.54) is 17.2 Å². The topological polar surface area (TPSA) is 55.4 Å². The fraction of sp³-hybridized carbons (Fsp3) is 0.238. The molecule has 1 amide bonds. The molecule has 0 radical (unpaired) electrons. The van der Waals surface area contributed by atoms with Crippen LogP contribution in [0.5, 0.6) is 0 Å². The summed E-state index contributed by atoms with van der Waals surface area (Å²) in [7, 11) is 0. The second-order valence-electron chi connectivity index (χ2n) is 6.13. The lowest BCUT2D eigenvalue weighted by atomic mass is 10.0. The van der Waals surface area contributed by atoms with E-state index in [0.717, 1.165) is 11.1 Å². The van der Waals surface area contributed by atoms with E-state index in [2.05, 4.69) is 5.32 Å². The summed E-state index contributed by atoms with van der Waals surface area (Å²) in [6, 6.07) is 13.0. The van der Waals surface area contributed by atoms with Crippen molar-refractivity contribution < 1.29 is 14.3 Å². The van der Waals surface area contributed by atoms with Crippen LogP contribution in [0.3, 0.4) is 0 Å². The van der Waals surface area contributed by atoms with Crippen LogP contribution in [0.25, 0.3) is 6.08 Å². The predicted octanol–water partition coefficient (Wildman–Crippen LogP) is 4.39. The summed E-state index contributed by atoms with van der Waals surface area (Å²) in [5.74, 6) is -0.931. The number of benzene rings is 2. The summed E-state index contributed by atoms with van der Waals surface area (Å²) in [5, 5.41) is 3.41. The fourth-order valence-corrected chi connectivity index (χ4v) is 2.56. The molecular formula is C21H22ClNO3. The van der Waals surface area contributed by atoms with Crippen molar-refractivity contribution in [3.05, 3.63) is 75.8 Å². The second-order valence-corrected chi connectivity index (χ2v) is 6.57. The van der Waals surface area contributed by atoms with Gasteiger partial charge < -0.3 is 10.1 Å². The number of esters is 1. The van der Waals surface area contributed by atoms with E-state index < -0.39 is 5.97 Å². The third kappa shape index (κ3) is 6.05. The second kappa shape index (κ2) is 9.20. The monoisotopic (exact) mass is 371 g/mol. The maximum atomic E-state index is 12.0. The van der Waals surface area contributed by atoms with Crippen LogP contribution in [0.15, 0.2) is 48.5 Å². The van der Waals surface area contributed by atoms with Crippen LogP contribution in [0.2, 0.25) is 5.02 Å². The molecule has 0 saturated carbocycles. The van der Waals surface area contributed by atoms with Gasteiger partial charge in [0, 0.05) is 11.1 Å². The van der Waals surface area contributed by atoms with Gasteiger partial charge in [0.1, 0.15) is 0 Å². The molecular weight excluding hydrogens is 350 g/mol. The minimum absolute atomic E-state index is 0.164. The quantitative estimate of drug-likeness (QED) is 0.605. The zero-order chi connectivity index (χ0) is 19.1. The molecule has 4 nitrogen and oxygen atoms in total. The van der Waals surface area contributed by atoms with Crippen molar-refractivity contribution >= 4 is 29.6 Å². The highest BCUT2D eigenvalue weighted by Gasteiger charge is 2.11. The van der Waals surface area contributed by atoms with Crippen LogP contribution in [-0.2, 0) is 14.3 Å². The Bertz CT molecular complexity index is 830. The Morgan fingerprint density at radius 3 is 2.62 bits per heavy atom. The molecule has 2 aromatic rings. The normalized spacial score (nSPS) is 12.0. The van der Waals surface area contributed by atoms with Crippen molar-refractivity contribution in [2.45, 2.75) is 26.8 Å². The van der Waals surface area contributed by atoms with Gasteiger partial charge in [-0.2, -0.15) is 0 Å². The summed E-state index contributed by atoms with van der Waals surface area (Å²) in [5.41, 5.74) is 4.16. The number of carbonyl (C=O) groups is 2. The van der Waals surface area contributed by atoms with Gasteiger partial charge in [-0.05, 0) is 61.2 Å². The molecule has 0 unspecified atom stereocenters. The van der Waals surface area contributed by atoms with Crippen LogP contribution in [0, 0.1) is 13.8 Å². The highest BCUT2D eigenvalue weighted by atomic mass is 35.5. The minimum Gasteiger partial charge on any atom is -0.452 e. The number of rotatable bonds is 6. The van der Waals surface area contributed by atoms with E-state index in [0.29, 0.717) is 5.02 Å². The van der Waals surface area contributed by atoms with E-state index in [9.17, 15) is 9.59 Å². The van der Waals surface area contributed by atoms with Crippen LogP contribution < -0.4 is 5.32 Å².